The second-order valence-corrected chi connectivity index (χ2v) is 9.33. The molecule has 0 radical (unpaired) electrons. The van der Waals surface area contributed by atoms with Crippen LogP contribution in [0.25, 0.3) is 0 Å². The van der Waals surface area contributed by atoms with Crippen LogP contribution in [0.5, 0.6) is 5.75 Å². The first-order chi connectivity index (χ1) is 13.7. The Labute approximate surface area is 172 Å². The SMILES string of the molecule is Cc1cc(C)cc(OCC(=O)Nc2ccc(S(=O)(=O)N3CCN(C)CC3)cc2)c1. The summed E-state index contributed by atoms with van der Waals surface area (Å²) < 4.78 is 32.5. The van der Waals surface area contributed by atoms with Gasteiger partial charge in [-0.15, -0.1) is 0 Å². The predicted molar refractivity (Wildman–Crippen MR) is 113 cm³/mol. The molecule has 29 heavy (non-hydrogen) atoms. The summed E-state index contributed by atoms with van der Waals surface area (Å²) in [6.45, 7) is 6.21. The van der Waals surface area contributed by atoms with Crippen molar-refractivity contribution in [2.24, 2.45) is 0 Å². The van der Waals surface area contributed by atoms with Crippen molar-refractivity contribution in [2.45, 2.75) is 18.7 Å². The number of sulfonamides is 1. The Bertz CT molecular complexity index is 946. The van der Waals surface area contributed by atoms with E-state index in [4.69, 9.17) is 4.74 Å². The van der Waals surface area contributed by atoms with E-state index in [1.165, 1.54) is 16.4 Å². The average molecular weight is 418 g/mol. The van der Waals surface area contributed by atoms with Crippen LogP contribution in [-0.2, 0) is 14.8 Å². The quantitative estimate of drug-likeness (QED) is 0.780. The molecule has 0 saturated carbocycles. The number of likely N-dealkylation sites (N-methyl/N-ethyl adjacent to an activating group) is 1. The normalized spacial score (nSPS) is 15.8. The zero-order chi connectivity index (χ0) is 21.0. The van der Waals surface area contributed by atoms with Crippen molar-refractivity contribution in [3.8, 4) is 5.75 Å². The Kier molecular flexibility index (Phi) is 6.56. The van der Waals surface area contributed by atoms with Gasteiger partial charge in [0.05, 0.1) is 4.90 Å². The molecule has 0 aromatic heterocycles. The molecule has 0 aliphatic carbocycles. The maximum Gasteiger partial charge on any atom is 0.262 e. The lowest BCUT2D eigenvalue weighted by molar-refractivity contribution is -0.118. The zero-order valence-corrected chi connectivity index (χ0v) is 17.8. The number of ether oxygens (including phenoxy) is 1. The number of carbonyl (C=O) groups is 1. The van der Waals surface area contributed by atoms with Crippen molar-refractivity contribution in [1.82, 2.24) is 9.21 Å². The van der Waals surface area contributed by atoms with Gasteiger partial charge in [-0.1, -0.05) is 6.07 Å². The van der Waals surface area contributed by atoms with Crippen molar-refractivity contribution >= 4 is 21.6 Å². The minimum absolute atomic E-state index is 0.121. The van der Waals surface area contributed by atoms with Crippen molar-refractivity contribution in [3.63, 3.8) is 0 Å². The van der Waals surface area contributed by atoms with E-state index in [1.54, 1.807) is 12.1 Å². The smallest absolute Gasteiger partial charge is 0.262 e. The zero-order valence-electron chi connectivity index (χ0n) is 17.0. The third-order valence-electron chi connectivity index (χ3n) is 4.80. The van der Waals surface area contributed by atoms with E-state index in [0.717, 1.165) is 11.1 Å². The molecule has 8 heteroatoms. The third-order valence-corrected chi connectivity index (χ3v) is 6.72. The van der Waals surface area contributed by atoms with Gasteiger partial charge in [0, 0.05) is 31.9 Å². The average Bonchev–Trinajstić information content (AvgIpc) is 2.66. The first-order valence-electron chi connectivity index (χ1n) is 9.54. The second kappa shape index (κ2) is 8.94. The topological polar surface area (TPSA) is 78.9 Å². The van der Waals surface area contributed by atoms with Crippen LogP contribution in [0.1, 0.15) is 11.1 Å². The minimum Gasteiger partial charge on any atom is -0.484 e. The third kappa shape index (κ3) is 5.56. The molecule has 0 atom stereocenters. The maximum absolute atomic E-state index is 12.7. The molecule has 1 heterocycles. The molecular weight excluding hydrogens is 390 g/mol. The molecule has 2 aromatic rings. The van der Waals surface area contributed by atoms with Crippen molar-refractivity contribution in [2.75, 3.05) is 45.2 Å². The Morgan fingerprint density at radius 3 is 2.17 bits per heavy atom. The number of nitrogens with zero attached hydrogens (tertiary/aromatic N) is 2. The van der Waals surface area contributed by atoms with E-state index in [1.807, 2.05) is 39.1 Å². The molecule has 1 fully saturated rings. The molecule has 0 bridgehead atoms. The summed E-state index contributed by atoms with van der Waals surface area (Å²) in [7, 11) is -1.54. The fourth-order valence-corrected chi connectivity index (χ4v) is 4.67. The van der Waals surface area contributed by atoms with Gasteiger partial charge < -0.3 is 15.0 Å². The number of anilines is 1. The highest BCUT2D eigenvalue weighted by molar-refractivity contribution is 7.89. The highest BCUT2D eigenvalue weighted by atomic mass is 32.2. The molecule has 1 amide bonds. The van der Waals surface area contributed by atoms with Crippen LogP contribution in [0.4, 0.5) is 5.69 Å². The van der Waals surface area contributed by atoms with Crippen LogP contribution < -0.4 is 10.1 Å². The predicted octanol–water partition coefficient (Wildman–Crippen LogP) is 2.26. The van der Waals surface area contributed by atoms with Crippen LogP contribution in [0.15, 0.2) is 47.4 Å². The van der Waals surface area contributed by atoms with E-state index in [-0.39, 0.29) is 17.4 Å². The Hall–Kier alpha value is -2.42. The summed E-state index contributed by atoms with van der Waals surface area (Å²) in [4.78, 5) is 14.5. The van der Waals surface area contributed by atoms with Crippen LogP contribution in [-0.4, -0.2) is 63.4 Å². The Morgan fingerprint density at radius 1 is 1.00 bits per heavy atom. The lowest BCUT2D eigenvalue weighted by Gasteiger charge is -2.31. The van der Waals surface area contributed by atoms with Crippen molar-refractivity contribution in [1.29, 1.82) is 0 Å². The lowest BCUT2D eigenvalue weighted by atomic mass is 10.1. The summed E-state index contributed by atoms with van der Waals surface area (Å²) in [5, 5.41) is 2.73. The summed E-state index contributed by atoms with van der Waals surface area (Å²) >= 11 is 0. The Balaban J connectivity index is 1.57. The minimum atomic E-state index is -3.52. The molecule has 0 unspecified atom stereocenters. The highest BCUT2D eigenvalue weighted by Crippen LogP contribution is 2.20. The number of benzene rings is 2. The number of hydrogen-bond acceptors (Lipinski definition) is 5. The van der Waals surface area contributed by atoms with Crippen LogP contribution in [0.3, 0.4) is 0 Å². The summed E-state index contributed by atoms with van der Waals surface area (Å²) in [5.74, 6) is 0.338. The van der Waals surface area contributed by atoms with E-state index >= 15 is 0 Å². The number of aryl methyl sites for hydroxylation is 2. The van der Waals surface area contributed by atoms with Gasteiger partial charge >= 0.3 is 0 Å². The summed E-state index contributed by atoms with van der Waals surface area (Å²) in [5.41, 5.74) is 2.66. The monoisotopic (exact) mass is 417 g/mol. The second-order valence-electron chi connectivity index (χ2n) is 7.39. The molecule has 156 valence electrons. The molecule has 1 aliphatic heterocycles. The molecule has 1 N–H and O–H groups in total. The van der Waals surface area contributed by atoms with Gasteiger partial charge in [-0.2, -0.15) is 4.31 Å². The van der Waals surface area contributed by atoms with Crippen LogP contribution in [0, 0.1) is 13.8 Å². The van der Waals surface area contributed by atoms with E-state index in [0.29, 0.717) is 37.6 Å². The van der Waals surface area contributed by atoms with E-state index in [2.05, 4.69) is 10.2 Å². The van der Waals surface area contributed by atoms with Crippen molar-refractivity contribution < 1.29 is 17.9 Å². The van der Waals surface area contributed by atoms with Gasteiger partial charge in [0.25, 0.3) is 5.91 Å². The van der Waals surface area contributed by atoms with Crippen LogP contribution in [0.2, 0.25) is 0 Å². The summed E-state index contributed by atoms with van der Waals surface area (Å²) in [6, 6.07) is 12.0. The van der Waals surface area contributed by atoms with Gasteiger partial charge in [0.1, 0.15) is 5.75 Å². The molecular formula is C21H27N3O4S. The van der Waals surface area contributed by atoms with Gasteiger partial charge in [0.15, 0.2) is 6.61 Å². The van der Waals surface area contributed by atoms with Gasteiger partial charge in [0.2, 0.25) is 10.0 Å². The van der Waals surface area contributed by atoms with Gasteiger partial charge in [-0.05, 0) is 68.4 Å². The Morgan fingerprint density at radius 2 is 1.59 bits per heavy atom. The number of carbonyl (C=O) groups excluding carboxylic acids is 1. The summed E-state index contributed by atoms with van der Waals surface area (Å²) in [6.07, 6.45) is 0. The fraction of sp³-hybridized carbons (Fsp3) is 0.381. The molecule has 2 aromatic carbocycles. The highest BCUT2D eigenvalue weighted by Gasteiger charge is 2.27. The number of nitrogens with one attached hydrogen (secondary N) is 1. The fourth-order valence-electron chi connectivity index (χ4n) is 3.25. The number of piperazine rings is 1. The van der Waals surface area contributed by atoms with Crippen molar-refractivity contribution in [3.05, 3.63) is 53.6 Å². The lowest BCUT2D eigenvalue weighted by Crippen LogP contribution is -2.46. The molecule has 1 aliphatic rings. The van der Waals surface area contributed by atoms with E-state index in [9.17, 15) is 13.2 Å². The number of hydrogen-bond donors (Lipinski definition) is 1. The first-order valence-corrected chi connectivity index (χ1v) is 11.0. The molecule has 3 rings (SSSR count). The molecule has 0 spiro atoms. The standard InChI is InChI=1S/C21H27N3O4S/c1-16-12-17(2)14-19(13-16)28-15-21(25)22-18-4-6-20(7-5-18)29(26,27)24-10-8-23(3)9-11-24/h4-7,12-14H,8-11,15H2,1-3H3,(H,22,25). The first kappa shape index (κ1) is 21.3. The molecule has 1 saturated heterocycles. The number of amides is 1. The maximum atomic E-state index is 12.7. The van der Waals surface area contributed by atoms with Crippen LogP contribution >= 0.6 is 0 Å². The number of rotatable bonds is 6. The van der Waals surface area contributed by atoms with Gasteiger partial charge in [-0.25, -0.2) is 8.42 Å². The van der Waals surface area contributed by atoms with Gasteiger partial charge in [-0.3, -0.25) is 4.79 Å². The largest absolute Gasteiger partial charge is 0.484 e. The molecule has 7 nitrogen and oxygen atoms in total. The van der Waals surface area contributed by atoms with E-state index < -0.39 is 10.0 Å².